The van der Waals surface area contributed by atoms with Crippen molar-refractivity contribution in [1.29, 1.82) is 0 Å². The van der Waals surface area contributed by atoms with Gasteiger partial charge in [-0.2, -0.15) is 0 Å². The second-order valence-electron chi connectivity index (χ2n) is 3.69. The molecule has 0 fully saturated rings. The Morgan fingerprint density at radius 3 is 2.44 bits per heavy atom. The zero-order valence-electron chi connectivity index (χ0n) is 9.38. The third kappa shape index (κ3) is 1.99. The zero-order valence-corrected chi connectivity index (χ0v) is 9.38. The zero-order chi connectivity index (χ0) is 13.3. The third-order valence-corrected chi connectivity index (χ3v) is 2.53. The van der Waals surface area contributed by atoms with Gasteiger partial charge in [-0.05, 0) is 31.2 Å². The molecule has 0 aliphatic carbocycles. The van der Waals surface area contributed by atoms with E-state index in [0.717, 1.165) is 12.1 Å². The molecular weight excluding hydrogens is 243 g/mol. The number of carbonyl (C=O) groups is 1. The molecule has 0 radical (unpaired) electrons. The van der Waals surface area contributed by atoms with Crippen LogP contribution in [0, 0.1) is 24.4 Å². The Hall–Kier alpha value is -2.17. The summed E-state index contributed by atoms with van der Waals surface area (Å²) < 4.78 is 39.3. The Kier molecular flexibility index (Phi) is 3.14. The van der Waals surface area contributed by atoms with Crippen molar-refractivity contribution >= 4 is 5.78 Å². The van der Waals surface area contributed by atoms with E-state index in [1.165, 1.54) is 18.3 Å². The second kappa shape index (κ2) is 4.60. The van der Waals surface area contributed by atoms with Gasteiger partial charge in [0, 0.05) is 17.5 Å². The minimum atomic E-state index is -1.65. The summed E-state index contributed by atoms with van der Waals surface area (Å²) in [5.41, 5.74) is 0.0408. The number of benzene rings is 1. The molecular formula is C13H8F3NO. The van der Waals surface area contributed by atoms with Gasteiger partial charge in [0.05, 0.1) is 5.56 Å². The van der Waals surface area contributed by atoms with Gasteiger partial charge in [-0.15, -0.1) is 0 Å². The molecule has 0 aliphatic heterocycles. The van der Waals surface area contributed by atoms with Gasteiger partial charge in [-0.3, -0.25) is 9.78 Å². The van der Waals surface area contributed by atoms with Gasteiger partial charge in [-0.1, -0.05) is 0 Å². The van der Waals surface area contributed by atoms with Crippen molar-refractivity contribution in [3.63, 3.8) is 0 Å². The predicted molar refractivity (Wildman–Crippen MR) is 58.7 cm³/mol. The van der Waals surface area contributed by atoms with E-state index in [2.05, 4.69) is 4.98 Å². The van der Waals surface area contributed by atoms with Crippen molar-refractivity contribution in [2.75, 3.05) is 0 Å². The number of nitrogens with zero attached hydrogens (tertiary/aromatic N) is 1. The fourth-order valence-corrected chi connectivity index (χ4v) is 1.57. The number of pyridine rings is 1. The van der Waals surface area contributed by atoms with Crippen LogP contribution in [0.3, 0.4) is 0 Å². The van der Waals surface area contributed by atoms with Crippen LogP contribution >= 0.6 is 0 Å². The summed E-state index contributed by atoms with van der Waals surface area (Å²) in [7, 11) is 0. The highest BCUT2D eigenvalue weighted by molar-refractivity contribution is 6.09. The molecule has 92 valence electrons. The Balaban J connectivity index is 2.54. The summed E-state index contributed by atoms with van der Waals surface area (Å²) in [5.74, 6) is -5.19. The smallest absolute Gasteiger partial charge is 0.197 e. The van der Waals surface area contributed by atoms with Gasteiger partial charge in [0.1, 0.15) is 0 Å². The molecule has 2 aromatic rings. The van der Waals surface area contributed by atoms with E-state index in [1.807, 2.05) is 0 Å². The molecule has 2 rings (SSSR count). The minimum Gasteiger partial charge on any atom is -0.288 e. The highest BCUT2D eigenvalue weighted by Crippen LogP contribution is 2.19. The van der Waals surface area contributed by atoms with E-state index >= 15 is 0 Å². The first-order chi connectivity index (χ1) is 8.52. The first-order valence-electron chi connectivity index (χ1n) is 5.12. The van der Waals surface area contributed by atoms with E-state index in [9.17, 15) is 18.0 Å². The number of ketones is 1. The first-order valence-corrected chi connectivity index (χ1v) is 5.12. The quantitative estimate of drug-likeness (QED) is 0.606. The van der Waals surface area contributed by atoms with Crippen LogP contribution in [0.5, 0.6) is 0 Å². The van der Waals surface area contributed by atoms with Gasteiger partial charge in [-0.25, -0.2) is 13.2 Å². The van der Waals surface area contributed by atoms with Crippen LogP contribution in [0.4, 0.5) is 13.2 Å². The largest absolute Gasteiger partial charge is 0.288 e. The van der Waals surface area contributed by atoms with Gasteiger partial charge < -0.3 is 0 Å². The molecule has 0 amide bonds. The van der Waals surface area contributed by atoms with Gasteiger partial charge in [0.25, 0.3) is 0 Å². The van der Waals surface area contributed by atoms with Gasteiger partial charge >= 0.3 is 0 Å². The van der Waals surface area contributed by atoms with Crippen LogP contribution < -0.4 is 0 Å². The standard InChI is InChI=1S/C13H8F3NO/c1-7-8(3-2-6-17-7)13(18)9-4-5-10(14)12(16)11(9)15/h2-6H,1H3. The number of halogens is 3. The average molecular weight is 251 g/mol. The van der Waals surface area contributed by atoms with Crippen molar-refractivity contribution in [1.82, 2.24) is 4.98 Å². The topological polar surface area (TPSA) is 30.0 Å². The lowest BCUT2D eigenvalue weighted by molar-refractivity contribution is 0.103. The molecule has 0 unspecified atom stereocenters. The molecule has 1 heterocycles. The SMILES string of the molecule is Cc1ncccc1C(=O)c1ccc(F)c(F)c1F. The molecule has 0 saturated carbocycles. The molecule has 5 heteroatoms. The maximum atomic E-state index is 13.5. The molecule has 0 bridgehead atoms. The van der Waals surface area contributed by atoms with Crippen molar-refractivity contribution in [3.8, 4) is 0 Å². The molecule has 1 aromatic heterocycles. The maximum Gasteiger partial charge on any atom is 0.197 e. The summed E-state index contributed by atoms with van der Waals surface area (Å²) >= 11 is 0. The number of aromatic nitrogens is 1. The fourth-order valence-electron chi connectivity index (χ4n) is 1.57. The highest BCUT2D eigenvalue weighted by Gasteiger charge is 2.21. The average Bonchev–Trinajstić information content (AvgIpc) is 2.36. The third-order valence-electron chi connectivity index (χ3n) is 2.53. The summed E-state index contributed by atoms with van der Waals surface area (Å²) in [6.07, 6.45) is 1.48. The van der Waals surface area contributed by atoms with Crippen molar-refractivity contribution in [2.24, 2.45) is 0 Å². The maximum absolute atomic E-state index is 13.5. The van der Waals surface area contributed by atoms with E-state index in [4.69, 9.17) is 0 Å². The molecule has 0 atom stereocenters. The fraction of sp³-hybridized carbons (Fsp3) is 0.0769. The Bertz CT molecular complexity index is 626. The lowest BCUT2D eigenvalue weighted by Crippen LogP contribution is -2.09. The van der Waals surface area contributed by atoms with Crippen LogP contribution in [0.1, 0.15) is 21.6 Å². The van der Waals surface area contributed by atoms with Crippen molar-refractivity contribution in [3.05, 3.63) is 64.7 Å². The molecule has 0 N–H and O–H groups in total. The monoisotopic (exact) mass is 251 g/mol. The van der Waals surface area contributed by atoms with Gasteiger partial charge in [0.15, 0.2) is 23.2 Å². The van der Waals surface area contributed by atoms with Crippen molar-refractivity contribution < 1.29 is 18.0 Å². The normalized spacial score (nSPS) is 10.4. The number of hydrogen-bond acceptors (Lipinski definition) is 2. The summed E-state index contributed by atoms with van der Waals surface area (Å²) in [4.78, 5) is 15.9. The molecule has 0 saturated heterocycles. The Morgan fingerprint density at radius 1 is 1.06 bits per heavy atom. The molecule has 1 aromatic carbocycles. The van der Waals surface area contributed by atoms with Crippen LogP contribution in [0.25, 0.3) is 0 Å². The van der Waals surface area contributed by atoms with Gasteiger partial charge in [0.2, 0.25) is 0 Å². The Morgan fingerprint density at radius 2 is 1.78 bits per heavy atom. The number of carbonyl (C=O) groups excluding carboxylic acids is 1. The van der Waals surface area contributed by atoms with E-state index in [0.29, 0.717) is 5.69 Å². The number of rotatable bonds is 2. The van der Waals surface area contributed by atoms with Crippen LogP contribution in [0.15, 0.2) is 30.5 Å². The molecule has 18 heavy (non-hydrogen) atoms. The van der Waals surface area contributed by atoms with Crippen LogP contribution in [-0.2, 0) is 0 Å². The van der Waals surface area contributed by atoms with Crippen molar-refractivity contribution in [2.45, 2.75) is 6.92 Å². The minimum absolute atomic E-state index is 0.155. The van der Waals surface area contributed by atoms with Crippen LogP contribution in [0.2, 0.25) is 0 Å². The number of aryl methyl sites for hydroxylation is 1. The van der Waals surface area contributed by atoms with E-state index < -0.39 is 28.8 Å². The molecule has 2 nitrogen and oxygen atoms in total. The summed E-state index contributed by atoms with van der Waals surface area (Å²) in [5, 5.41) is 0. The lowest BCUT2D eigenvalue weighted by atomic mass is 10.0. The molecule has 0 spiro atoms. The predicted octanol–water partition coefficient (Wildman–Crippen LogP) is 3.04. The molecule has 0 aliphatic rings. The summed E-state index contributed by atoms with van der Waals surface area (Å²) in [6, 6.07) is 4.60. The Labute approximate surface area is 101 Å². The first kappa shape index (κ1) is 12.3. The van der Waals surface area contributed by atoms with E-state index in [-0.39, 0.29) is 5.56 Å². The van der Waals surface area contributed by atoms with E-state index in [1.54, 1.807) is 6.92 Å². The lowest BCUT2D eigenvalue weighted by Gasteiger charge is -2.05. The summed E-state index contributed by atoms with van der Waals surface area (Å²) in [6.45, 7) is 1.57. The number of hydrogen-bond donors (Lipinski definition) is 0. The van der Waals surface area contributed by atoms with Crippen LogP contribution in [-0.4, -0.2) is 10.8 Å². The highest BCUT2D eigenvalue weighted by atomic mass is 19.2. The second-order valence-corrected chi connectivity index (χ2v) is 3.69.